The molecule has 1 aromatic heterocycles. The van der Waals surface area contributed by atoms with Crippen LogP contribution < -0.4 is 15.8 Å². The summed E-state index contributed by atoms with van der Waals surface area (Å²) in [7, 11) is 1.88. The van der Waals surface area contributed by atoms with E-state index < -0.39 is 5.54 Å². The van der Waals surface area contributed by atoms with E-state index in [1.807, 2.05) is 43.8 Å². The minimum absolute atomic E-state index is 0.0463. The van der Waals surface area contributed by atoms with Crippen molar-refractivity contribution in [3.63, 3.8) is 0 Å². The summed E-state index contributed by atoms with van der Waals surface area (Å²) in [5, 5.41) is 3.33. The van der Waals surface area contributed by atoms with Gasteiger partial charge in [0.15, 0.2) is 0 Å². The highest BCUT2D eigenvalue weighted by atomic mass is 35.5. The quantitative estimate of drug-likeness (QED) is 0.829. The number of nitrogens with one attached hydrogen (secondary N) is 1. The van der Waals surface area contributed by atoms with Crippen LogP contribution in [0.4, 0.5) is 5.69 Å². The number of piperidine rings is 1. The van der Waals surface area contributed by atoms with Crippen molar-refractivity contribution in [2.45, 2.75) is 44.8 Å². The Morgan fingerprint density at radius 1 is 1.14 bits per heavy atom. The van der Waals surface area contributed by atoms with Crippen molar-refractivity contribution in [3.05, 3.63) is 51.4 Å². The third-order valence-electron chi connectivity index (χ3n) is 6.31. The van der Waals surface area contributed by atoms with Gasteiger partial charge in [-0.25, -0.2) is 4.68 Å². The predicted octanol–water partition coefficient (Wildman–Crippen LogP) is 2.35. The molecule has 1 aromatic carbocycles. The molecule has 0 atom stereocenters. The zero-order valence-electron chi connectivity index (χ0n) is 17.2. The zero-order valence-corrected chi connectivity index (χ0v) is 17.9. The monoisotopic (exact) mass is 417 g/mol. The Bertz CT molecular complexity index is 957. The molecule has 3 heterocycles. The lowest BCUT2D eigenvalue weighted by Crippen LogP contribution is -2.56. The van der Waals surface area contributed by atoms with Crippen molar-refractivity contribution in [2.24, 2.45) is 7.05 Å². The smallest absolute Gasteiger partial charge is 0.286 e. The highest BCUT2D eigenvalue weighted by molar-refractivity contribution is 6.31. The predicted molar refractivity (Wildman–Crippen MR) is 114 cm³/mol. The van der Waals surface area contributed by atoms with Crippen LogP contribution in [0.25, 0.3) is 0 Å². The Morgan fingerprint density at radius 2 is 1.79 bits per heavy atom. The van der Waals surface area contributed by atoms with E-state index in [2.05, 4.69) is 27.2 Å². The molecule has 0 unspecified atom stereocenters. The van der Waals surface area contributed by atoms with Gasteiger partial charge < -0.3 is 10.2 Å². The lowest BCUT2D eigenvalue weighted by molar-refractivity contribution is -0.125. The average molecular weight is 418 g/mol. The second kappa shape index (κ2) is 7.54. The molecule has 4 rings (SSSR count). The van der Waals surface area contributed by atoms with Gasteiger partial charge in [-0.2, -0.15) is 0 Å². The number of anilines is 1. The van der Waals surface area contributed by atoms with Crippen molar-refractivity contribution in [1.29, 1.82) is 0 Å². The normalized spacial score (nSPS) is 19.3. The van der Waals surface area contributed by atoms with E-state index in [1.165, 1.54) is 0 Å². The van der Waals surface area contributed by atoms with Crippen LogP contribution in [0.15, 0.2) is 35.1 Å². The number of benzene rings is 1. The van der Waals surface area contributed by atoms with E-state index in [1.54, 1.807) is 4.68 Å². The summed E-state index contributed by atoms with van der Waals surface area (Å²) in [5.41, 5.74) is 1.26. The Morgan fingerprint density at radius 3 is 2.38 bits per heavy atom. The summed E-state index contributed by atoms with van der Waals surface area (Å²) < 4.78 is 3.56. The number of rotatable bonds is 4. The van der Waals surface area contributed by atoms with Gasteiger partial charge >= 0.3 is 0 Å². The number of aromatic nitrogens is 2. The van der Waals surface area contributed by atoms with Crippen LogP contribution in [-0.2, 0) is 18.4 Å². The maximum absolute atomic E-state index is 12.8. The molecule has 7 nitrogen and oxygen atoms in total. The highest BCUT2D eigenvalue weighted by Crippen LogP contribution is 2.36. The number of amides is 1. The molecule has 2 fully saturated rings. The number of para-hydroxylation sites is 1. The molecule has 0 aliphatic carbocycles. The number of hydrogen-bond acceptors (Lipinski definition) is 4. The number of likely N-dealkylation sites (tertiary alicyclic amines) is 1. The molecule has 1 N–H and O–H groups in total. The molecule has 8 heteroatoms. The maximum Gasteiger partial charge on any atom is 0.286 e. The van der Waals surface area contributed by atoms with E-state index >= 15 is 0 Å². The fourth-order valence-electron chi connectivity index (χ4n) is 4.71. The molecule has 2 saturated heterocycles. The Balaban J connectivity index is 1.52. The van der Waals surface area contributed by atoms with Gasteiger partial charge in [0.1, 0.15) is 10.6 Å². The molecule has 2 aliphatic rings. The first-order chi connectivity index (χ1) is 13.8. The van der Waals surface area contributed by atoms with Crippen molar-refractivity contribution >= 4 is 23.2 Å². The van der Waals surface area contributed by atoms with Crippen LogP contribution in [0.2, 0.25) is 5.02 Å². The van der Waals surface area contributed by atoms with Crippen LogP contribution in [0.3, 0.4) is 0 Å². The summed E-state index contributed by atoms with van der Waals surface area (Å²) in [5.74, 6) is 0.109. The molecule has 2 aromatic rings. The Kier molecular flexibility index (Phi) is 5.21. The average Bonchev–Trinajstić information content (AvgIpc) is 3.13. The second-order valence-electron chi connectivity index (χ2n) is 8.26. The third kappa shape index (κ3) is 3.26. The molecule has 29 heavy (non-hydrogen) atoms. The lowest BCUT2D eigenvalue weighted by Gasteiger charge is -2.43. The molecule has 1 amide bonds. The minimum Gasteiger partial charge on any atom is -0.339 e. The van der Waals surface area contributed by atoms with Crippen molar-refractivity contribution in [2.75, 3.05) is 24.7 Å². The SMILES string of the molecule is CC(C)n1c(=O)c(Cl)c(CN2CCC3(CC2)C(=O)NCN3c2ccccc2)n1C. The van der Waals surface area contributed by atoms with Crippen LogP contribution in [0, 0.1) is 0 Å². The first-order valence-electron chi connectivity index (χ1n) is 10.1. The van der Waals surface area contributed by atoms with Crippen molar-refractivity contribution in [3.8, 4) is 0 Å². The zero-order chi connectivity index (χ0) is 20.8. The molecule has 0 saturated carbocycles. The summed E-state index contributed by atoms with van der Waals surface area (Å²) >= 11 is 6.38. The summed E-state index contributed by atoms with van der Waals surface area (Å²) in [6.07, 6.45) is 1.48. The number of carbonyl (C=O) groups excluding carboxylic acids is 1. The summed E-state index contributed by atoms with van der Waals surface area (Å²) in [4.78, 5) is 29.7. The molecule has 0 radical (unpaired) electrons. The van der Waals surface area contributed by atoms with Gasteiger partial charge in [0.05, 0.1) is 12.4 Å². The van der Waals surface area contributed by atoms with Gasteiger partial charge in [-0.3, -0.25) is 19.2 Å². The second-order valence-corrected chi connectivity index (χ2v) is 8.64. The Labute approximate surface area is 175 Å². The lowest BCUT2D eigenvalue weighted by atomic mass is 9.85. The van der Waals surface area contributed by atoms with E-state index in [-0.39, 0.29) is 17.5 Å². The van der Waals surface area contributed by atoms with Gasteiger partial charge in [-0.1, -0.05) is 29.8 Å². The molecule has 156 valence electrons. The van der Waals surface area contributed by atoms with Gasteiger partial charge in [0.25, 0.3) is 5.56 Å². The van der Waals surface area contributed by atoms with Gasteiger partial charge in [0, 0.05) is 38.4 Å². The molecule has 0 bridgehead atoms. The first-order valence-corrected chi connectivity index (χ1v) is 10.5. The number of halogens is 1. The fraction of sp³-hybridized carbons (Fsp3) is 0.524. The topological polar surface area (TPSA) is 62.5 Å². The van der Waals surface area contributed by atoms with Crippen molar-refractivity contribution in [1.82, 2.24) is 19.6 Å². The highest BCUT2D eigenvalue weighted by Gasteiger charge is 2.50. The fourth-order valence-corrected chi connectivity index (χ4v) is 4.98. The molecule has 1 spiro atoms. The minimum atomic E-state index is -0.503. The van der Waals surface area contributed by atoms with Crippen LogP contribution in [-0.4, -0.2) is 45.5 Å². The Hall–Kier alpha value is -2.25. The van der Waals surface area contributed by atoms with Crippen molar-refractivity contribution < 1.29 is 4.79 Å². The number of nitrogens with zero attached hydrogens (tertiary/aromatic N) is 4. The number of hydrogen-bond donors (Lipinski definition) is 1. The van der Waals surface area contributed by atoms with Gasteiger partial charge in [-0.05, 0) is 38.8 Å². The van der Waals surface area contributed by atoms with Gasteiger partial charge in [0.2, 0.25) is 5.91 Å². The van der Waals surface area contributed by atoms with Crippen LogP contribution in [0.1, 0.15) is 38.4 Å². The number of carbonyl (C=O) groups is 1. The van der Waals surface area contributed by atoms with Crippen LogP contribution >= 0.6 is 11.6 Å². The van der Waals surface area contributed by atoms with Gasteiger partial charge in [-0.15, -0.1) is 0 Å². The molecular formula is C21H28ClN5O2. The van der Waals surface area contributed by atoms with E-state index in [0.717, 1.165) is 37.3 Å². The van der Waals surface area contributed by atoms with E-state index in [9.17, 15) is 9.59 Å². The van der Waals surface area contributed by atoms with E-state index in [4.69, 9.17) is 11.6 Å². The molecule has 2 aliphatic heterocycles. The summed E-state index contributed by atoms with van der Waals surface area (Å²) in [6, 6.07) is 10.1. The largest absolute Gasteiger partial charge is 0.339 e. The van der Waals surface area contributed by atoms with E-state index in [0.29, 0.717) is 18.2 Å². The first kappa shape index (κ1) is 20.0. The van der Waals surface area contributed by atoms with Crippen LogP contribution in [0.5, 0.6) is 0 Å². The molecular weight excluding hydrogens is 390 g/mol. The maximum atomic E-state index is 12.8. The standard InChI is InChI=1S/C21H28ClN5O2/c1-15(2)27-19(28)18(22)17(24(27)3)13-25-11-9-21(10-12-25)20(29)23-14-26(21)16-7-5-4-6-8-16/h4-8,15H,9-14H2,1-3H3,(H,23,29). The third-order valence-corrected chi connectivity index (χ3v) is 6.69. The summed E-state index contributed by atoms with van der Waals surface area (Å²) in [6.45, 7) is 6.64.